The van der Waals surface area contributed by atoms with Gasteiger partial charge >= 0.3 is 6.03 Å². The number of methoxy groups -OCH3 is 1. The number of rotatable bonds is 9. The van der Waals surface area contributed by atoms with E-state index >= 15 is 0 Å². The molecule has 0 atom stereocenters. The number of ether oxygens (including phenoxy) is 3. The van der Waals surface area contributed by atoms with Gasteiger partial charge in [-0.15, -0.1) is 11.3 Å². The molecule has 0 bridgehead atoms. The van der Waals surface area contributed by atoms with E-state index in [1.807, 2.05) is 23.1 Å². The van der Waals surface area contributed by atoms with Crippen molar-refractivity contribution in [1.82, 2.24) is 19.7 Å². The Kier molecular flexibility index (Phi) is 9.28. The zero-order valence-corrected chi connectivity index (χ0v) is 24.2. The maximum Gasteiger partial charge on any atom is 0.322 e. The number of hydrogen-bond acceptors (Lipinski definition) is 8. The molecule has 0 saturated carbocycles. The summed E-state index contributed by atoms with van der Waals surface area (Å²) in [6.45, 7) is 4.71. The second kappa shape index (κ2) is 13.0. The lowest BCUT2D eigenvalue weighted by Gasteiger charge is -2.34. The third-order valence-corrected chi connectivity index (χ3v) is 8.20. The molecule has 0 aliphatic carbocycles. The van der Waals surface area contributed by atoms with E-state index in [-0.39, 0.29) is 25.3 Å². The molecular weight excluding hydrogens is 577 g/mol. The fourth-order valence-electron chi connectivity index (χ4n) is 4.44. The molecule has 1 saturated heterocycles. The summed E-state index contributed by atoms with van der Waals surface area (Å²) >= 11 is 13.4. The smallest absolute Gasteiger partial charge is 0.322 e. The molecule has 3 heterocycles. The SMILES string of the molecule is COCCN(Cc1nc(C(=O)N2CCN(Cc3ccc4c(c3)OCO4)CC2)cs1)C(=O)Nc1ccc(Cl)c(Cl)c1. The number of carbonyl (C=O) groups is 2. The van der Waals surface area contributed by atoms with Crippen molar-refractivity contribution in [2.45, 2.75) is 13.1 Å². The lowest BCUT2D eigenvalue weighted by Crippen LogP contribution is -2.48. The minimum absolute atomic E-state index is 0.103. The molecule has 5 rings (SSSR count). The Morgan fingerprint density at radius 2 is 1.88 bits per heavy atom. The summed E-state index contributed by atoms with van der Waals surface area (Å²) in [4.78, 5) is 36.4. The van der Waals surface area contributed by atoms with Crippen LogP contribution in [0.5, 0.6) is 11.5 Å². The van der Waals surface area contributed by atoms with Crippen molar-refractivity contribution < 1.29 is 23.8 Å². The minimum atomic E-state index is -0.336. The molecule has 1 aromatic heterocycles. The molecule has 10 nitrogen and oxygen atoms in total. The summed E-state index contributed by atoms with van der Waals surface area (Å²) in [5, 5.41) is 5.99. The summed E-state index contributed by atoms with van der Waals surface area (Å²) < 4.78 is 16.0. The van der Waals surface area contributed by atoms with Crippen molar-refractivity contribution in [1.29, 1.82) is 0 Å². The summed E-state index contributed by atoms with van der Waals surface area (Å²) in [5.41, 5.74) is 2.06. The van der Waals surface area contributed by atoms with Gasteiger partial charge in [0.1, 0.15) is 10.7 Å². The second-order valence-corrected chi connectivity index (χ2v) is 11.1. The highest BCUT2D eigenvalue weighted by Crippen LogP contribution is 2.33. The number of carbonyl (C=O) groups excluding carboxylic acids is 2. The first-order chi connectivity index (χ1) is 19.4. The lowest BCUT2D eigenvalue weighted by atomic mass is 10.1. The van der Waals surface area contributed by atoms with Crippen LogP contribution >= 0.6 is 34.5 Å². The van der Waals surface area contributed by atoms with Crippen LogP contribution in [0.1, 0.15) is 21.1 Å². The lowest BCUT2D eigenvalue weighted by molar-refractivity contribution is 0.0623. The molecule has 2 aliphatic heterocycles. The summed E-state index contributed by atoms with van der Waals surface area (Å²) in [7, 11) is 1.57. The quantitative estimate of drug-likeness (QED) is 0.373. The van der Waals surface area contributed by atoms with E-state index in [1.165, 1.54) is 11.3 Å². The third-order valence-electron chi connectivity index (χ3n) is 6.62. The highest BCUT2D eigenvalue weighted by molar-refractivity contribution is 7.09. The van der Waals surface area contributed by atoms with E-state index in [1.54, 1.807) is 35.6 Å². The van der Waals surface area contributed by atoms with Crippen LogP contribution < -0.4 is 14.8 Å². The molecule has 0 radical (unpaired) electrons. The van der Waals surface area contributed by atoms with E-state index < -0.39 is 0 Å². The number of thiazole rings is 1. The second-order valence-electron chi connectivity index (χ2n) is 9.36. The average Bonchev–Trinajstić information content (AvgIpc) is 3.62. The number of nitrogens with zero attached hydrogens (tertiary/aromatic N) is 4. The fraction of sp³-hybridized carbons (Fsp3) is 0.370. The number of urea groups is 1. The number of benzene rings is 2. The Hall–Kier alpha value is -3.09. The van der Waals surface area contributed by atoms with Gasteiger partial charge in [0.2, 0.25) is 6.79 Å². The van der Waals surface area contributed by atoms with Crippen LogP contribution in [0.4, 0.5) is 10.5 Å². The molecule has 0 unspecified atom stereocenters. The molecule has 1 N–H and O–H groups in total. The van der Waals surface area contributed by atoms with Crippen LogP contribution in [0.25, 0.3) is 0 Å². The minimum Gasteiger partial charge on any atom is -0.454 e. The van der Waals surface area contributed by atoms with Gasteiger partial charge < -0.3 is 29.3 Å². The Morgan fingerprint density at radius 1 is 1.07 bits per heavy atom. The molecule has 2 aliphatic rings. The average molecular weight is 607 g/mol. The van der Waals surface area contributed by atoms with Gasteiger partial charge in [0.15, 0.2) is 11.5 Å². The molecule has 2 aromatic carbocycles. The summed E-state index contributed by atoms with van der Waals surface area (Å²) in [6.07, 6.45) is 0. The summed E-state index contributed by atoms with van der Waals surface area (Å²) in [6, 6.07) is 10.5. The van der Waals surface area contributed by atoms with Crippen molar-refractivity contribution in [3.05, 3.63) is 68.1 Å². The van der Waals surface area contributed by atoms with E-state index in [0.29, 0.717) is 52.7 Å². The van der Waals surface area contributed by atoms with Gasteiger partial charge in [0.25, 0.3) is 5.91 Å². The fourth-order valence-corrected chi connectivity index (χ4v) is 5.52. The highest BCUT2D eigenvalue weighted by atomic mass is 35.5. The number of anilines is 1. The first-order valence-corrected chi connectivity index (χ1v) is 14.4. The molecule has 1 fully saturated rings. The molecular formula is C27H29Cl2N5O5S. The van der Waals surface area contributed by atoms with Crippen LogP contribution in [-0.2, 0) is 17.8 Å². The number of aromatic nitrogens is 1. The van der Waals surface area contributed by atoms with Crippen molar-refractivity contribution in [2.75, 3.05) is 58.6 Å². The van der Waals surface area contributed by atoms with Gasteiger partial charge in [-0.3, -0.25) is 9.69 Å². The van der Waals surface area contributed by atoms with E-state index in [0.717, 1.165) is 36.7 Å². The van der Waals surface area contributed by atoms with Crippen LogP contribution in [-0.4, -0.2) is 84.9 Å². The first kappa shape index (κ1) is 28.4. The van der Waals surface area contributed by atoms with Crippen molar-refractivity contribution in [3.63, 3.8) is 0 Å². The molecule has 40 heavy (non-hydrogen) atoms. The number of nitrogens with one attached hydrogen (secondary N) is 1. The molecule has 0 spiro atoms. The monoisotopic (exact) mass is 605 g/mol. The van der Waals surface area contributed by atoms with Crippen molar-refractivity contribution >= 4 is 52.2 Å². The van der Waals surface area contributed by atoms with Gasteiger partial charge in [-0.25, -0.2) is 9.78 Å². The van der Waals surface area contributed by atoms with Gasteiger partial charge in [-0.1, -0.05) is 29.3 Å². The van der Waals surface area contributed by atoms with Crippen molar-refractivity contribution in [2.24, 2.45) is 0 Å². The maximum absolute atomic E-state index is 13.2. The van der Waals surface area contributed by atoms with Crippen LogP contribution in [0, 0.1) is 0 Å². The van der Waals surface area contributed by atoms with E-state index in [2.05, 4.69) is 15.2 Å². The van der Waals surface area contributed by atoms with Gasteiger partial charge in [-0.05, 0) is 35.9 Å². The zero-order valence-electron chi connectivity index (χ0n) is 21.9. The van der Waals surface area contributed by atoms with E-state index in [9.17, 15) is 9.59 Å². The van der Waals surface area contributed by atoms with Crippen molar-refractivity contribution in [3.8, 4) is 11.5 Å². The molecule has 3 amide bonds. The molecule has 212 valence electrons. The Balaban J connectivity index is 1.15. The number of piperazine rings is 1. The van der Waals surface area contributed by atoms with E-state index in [4.69, 9.17) is 37.4 Å². The number of halogens is 2. The maximum atomic E-state index is 13.2. The zero-order chi connectivity index (χ0) is 28.1. The first-order valence-electron chi connectivity index (χ1n) is 12.7. The standard InChI is InChI=1S/C27H29Cl2N5O5S/c1-37-11-10-34(27(36)30-19-3-4-20(28)21(29)13-19)15-25-31-22(16-40-25)26(35)33-8-6-32(7-9-33)14-18-2-5-23-24(12-18)39-17-38-23/h2-5,12-13,16H,6-11,14-15,17H2,1H3,(H,30,36). The number of fused-ring (bicyclic) bond motifs is 1. The number of hydrogen-bond donors (Lipinski definition) is 1. The third kappa shape index (κ3) is 6.97. The van der Waals surface area contributed by atoms with Crippen LogP contribution in [0.15, 0.2) is 41.8 Å². The van der Waals surface area contributed by atoms with Crippen LogP contribution in [0.3, 0.4) is 0 Å². The van der Waals surface area contributed by atoms with Gasteiger partial charge in [0, 0.05) is 57.4 Å². The predicted octanol–water partition coefficient (Wildman–Crippen LogP) is 4.82. The van der Waals surface area contributed by atoms with Gasteiger partial charge in [-0.2, -0.15) is 0 Å². The normalized spacial score (nSPS) is 14.8. The Labute approximate surface area is 246 Å². The highest BCUT2D eigenvalue weighted by Gasteiger charge is 2.25. The Morgan fingerprint density at radius 3 is 2.65 bits per heavy atom. The van der Waals surface area contributed by atoms with Gasteiger partial charge in [0.05, 0.1) is 23.2 Å². The number of amides is 3. The summed E-state index contributed by atoms with van der Waals surface area (Å²) in [5.74, 6) is 1.45. The predicted molar refractivity (Wildman–Crippen MR) is 154 cm³/mol. The molecule has 13 heteroatoms. The molecule has 3 aromatic rings. The largest absolute Gasteiger partial charge is 0.454 e. The van der Waals surface area contributed by atoms with Crippen LogP contribution in [0.2, 0.25) is 10.0 Å². The topological polar surface area (TPSA) is 96.5 Å². The Bertz CT molecular complexity index is 1360.